The van der Waals surface area contributed by atoms with Crippen molar-refractivity contribution >= 4 is 7.26 Å². The molecule has 64 valence electrons. The lowest BCUT2D eigenvalue weighted by atomic mass is 10.2. The van der Waals surface area contributed by atoms with E-state index in [1.807, 2.05) is 0 Å². The predicted molar refractivity (Wildman–Crippen MR) is 50.9 cm³/mol. The summed E-state index contributed by atoms with van der Waals surface area (Å²) >= 11 is 0. The molecule has 0 unspecified atom stereocenters. The molecule has 2 heteroatoms. The van der Waals surface area contributed by atoms with Crippen LogP contribution in [0.5, 0.6) is 0 Å². The van der Waals surface area contributed by atoms with Crippen LogP contribution < -0.4 is 0 Å². The first-order valence-corrected chi connectivity index (χ1v) is 7.04. The largest absolute Gasteiger partial charge is 0.870 e. The Morgan fingerprint density at radius 2 is 1.50 bits per heavy atom. The second-order valence-electron chi connectivity index (χ2n) is 4.20. The zero-order valence-electron chi connectivity index (χ0n) is 7.89. The standard InChI is InChI=1S/C8H20P.H2O/c1-8(2)6-7-9(3,4)5;/h8H,6-7H2,1-5H3;1H2/q+1;/p-1. The quantitative estimate of drug-likeness (QED) is 0.590. The van der Waals surface area contributed by atoms with Crippen LogP contribution in [0, 0.1) is 5.92 Å². The molecule has 0 aromatic carbocycles. The molecule has 0 heterocycles. The third-order valence-corrected chi connectivity index (χ3v) is 2.98. The molecule has 0 aliphatic heterocycles. The highest BCUT2D eigenvalue weighted by Crippen LogP contribution is 2.47. The summed E-state index contributed by atoms with van der Waals surface area (Å²) in [5.41, 5.74) is 0. The van der Waals surface area contributed by atoms with Gasteiger partial charge >= 0.3 is 0 Å². The molecule has 0 atom stereocenters. The lowest BCUT2D eigenvalue weighted by molar-refractivity contribution is 0.629. The first-order chi connectivity index (χ1) is 3.92. The minimum Gasteiger partial charge on any atom is -0.870 e. The van der Waals surface area contributed by atoms with Gasteiger partial charge in [-0.3, -0.25) is 0 Å². The van der Waals surface area contributed by atoms with Crippen molar-refractivity contribution in [1.82, 2.24) is 0 Å². The maximum atomic E-state index is 2.41. The molecule has 10 heavy (non-hydrogen) atoms. The second kappa shape index (κ2) is 5.09. The molecule has 0 aromatic heterocycles. The third-order valence-electron chi connectivity index (χ3n) is 1.38. The first kappa shape index (κ1) is 13.0. The van der Waals surface area contributed by atoms with Crippen LogP contribution in [0.25, 0.3) is 0 Å². The number of hydrogen-bond acceptors (Lipinski definition) is 1. The average molecular weight is 164 g/mol. The maximum absolute atomic E-state index is 2.41. The van der Waals surface area contributed by atoms with E-state index in [-0.39, 0.29) is 5.48 Å². The van der Waals surface area contributed by atoms with Crippen molar-refractivity contribution < 1.29 is 5.48 Å². The van der Waals surface area contributed by atoms with Gasteiger partial charge < -0.3 is 5.48 Å². The summed E-state index contributed by atoms with van der Waals surface area (Å²) in [7, 11) is -0.470. The first-order valence-electron chi connectivity index (χ1n) is 3.72. The Morgan fingerprint density at radius 1 is 1.10 bits per heavy atom. The lowest BCUT2D eigenvalue weighted by Crippen LogP contribution is -1.97. The van der Waals surface area contributed by atoms with Crippen LogP contribution in [-0.4, -0.2) is 31.6 Å². The summed E-state index contributed by atoms with van der Waals surface area (Å²) in [4.78, 5) is 0. The van der Waals surface area contributed by atoms with Gasteiger partial charge in [0.25, 0.3) is 0 Å². The van der Waals surface area contributed by atoms with E-state index in [0.717, 1.165) is 5.92 Å². The third kappa shape index (κ3) is 11.2. The molecule has 0 spiro atoms. The molecule has 0 bridgehead atoms. The Balaban J connectivity index is 0. The summed E-state index contributed by atoms with van der Waals surface area (Å²) in [6.07, 6.45) is 2.88. The van der Waals surface area contributed by atoms with E-state index >= 15 is 0 Å². The molecule has 0 amide bonds. The van der Waals surface area contributed by atoms with Gasteiger partial charge in [-0.05, 0) is 12.3 Å². The number of hydrogen-bond donors (Lipinski definition) is 0. The fourth-order valence-corrected chi connectivity index (χ4v) is 1.94. The van der Waals surface area contributed by atoms with Gasteiger partial charge in [-0.25, -0.2) is 0 Å². The Labute approximate surface area is 65.9 Å². The van der Waals surface area contributed by atoms with Gasteiger partial charge in [0.2, 0.25) is 0 Å². The molecule has 0 saturated heterocycles. The highest BCUT2D eigenvalue weighted by Gasteiger charge is 2.16. The van der Waals surface area contributed by atoms with Crippen LogP contribution in [0.4, 0.5) is 0 Å². The molecular formula is C8H21OP. The van der Waals surface area contributed by atoms with E-state index in [4.69, 9.17) is 0 Å². The van der Waals surface area contributed by atoms with Crippen LogP contribution in [0.15, 0.2) is 0 Å². The zero-order valence-corrected chi connectivity index (χ0v) is 8.78. The van der Waals surface area contributed by atoms with Crippen molar-refractivity contribution in [2.24, 2.45) is 5.92 Å². The molecule has 0 aliphatic rings. The Bertz CT molecular complexity index is 73.8. The SMILES string of the molecule is CC(C)CC[P+](C)(C)C.[OH-]. The summed E-state index contributed by atoms with van der Waals surface area (Å²) in [6, 6.07) is 0. The van der Waals surface area contributed by atoms with Crippen molar-refractivity contribution in [2.75, 3.05) is 26.2 Å². The zero-order chi connectivity index (χ0) is 7.49. The topological polar surface area (TPSA) is 30.0 Å². The minimum absolute atomic E-state index is 0. The van der Waals surface area contributed by atoms with Crippen LogP contribution in [0.1, 0.15) is 20.3 Å². The molecule has 1 N–H and O–H groups in total. The van der Waals surface area contributed by atoms with Gasteiger partial charge in [-0.2, -0.15) is 0 Å². The normalized spacial score (nSPS) is 11.4. The summed E-state index contributed by atoms with van der Waals surface area (Å²) in [5, 5.41) is 0. The van der Waals surface area contributed by atoms with Gasteiger partial charge in [0.05, 0.1) is 6.16 Å². The lowest BCUT2D eigenvalue weighted by Gasteiger charge is -2.12. The van der Waals surface area contributed by atoms with Gasteiger partial charge in [0.15, 0.2) is 0 Å². The molecule has 0 aliphatic carbocycles. The van der Waals surface area contributed by atoms with Crippen molar-refractivity contribution in [3.8, 4) is 0 Å². The van der Waals surface area contributed by atoms with Crippen LogP contribution in [0.3, 0.4) is 0 Å². The van der Waals surface area contributed by atoms with E-state index in [9.17, 15) is 0 Å². The minimum atomic E-state index is -0.470. The van der Waals surface area contributed by atoms with E-state index in [1.165, 1.54) is 12.6 Å². The molecule has 0 aromatic rings. The second-order valence-corrected chi connectivity index (χ2v) is 9.22. The van der Waals surface area contributed by atoms with Crippen LogP contribution in [0.2, 0.25) is 0 Å². The average Bonchev–Trinajstić information content (AvgIpc) is 1.59. The van der Waals surface area contributed by atoms with Crippen molar-refractivity contribution in [3.05, 3.63) is 0 Å². The van der Waals surface area contributed by atoms with Crippen molar-refractivity contribution in [1.29, 1.82) is 0 Å². The molecular weight excluding hydrogens is 143 g/mol. The fraction of sp³-hybridized carbons (Fsp3) is 1.00. The van der Waals surface area contributed by atoms with Gasteiger partial charge in [-0.15, -0.1) is 0 Å². The Morgan fingerprint density at radius 3 is 1.60 bits per heavy atom. The predicted octanol–water partition coefficient (Wildman–Crippen LogP) is 2.76. The fourth-order valence-electron chi connectivity index (χ4n) is 0.645. The molecule has 0 rings (SSSR count). The molecule has 0 fully saturated rings. The van der Waals surface area contributed by atoms with Crippen molar-refractivity contribution in [2.45, 2.75) is 20.3 Å². The maximum Gasteiger partial charge on any atom is 0.0588 e. The highest BCUT2D eigenvalue weighted by atomic mass is 31.2. The van der Waals surface area contributed by atoms with E-state index in [0.29, 0.717) is 0 Å². The van der Waals surface area contributed by atoms with E-state index in [2.05, 4.69) is 33.8 Å². The summed E-state index contributed by atoms with van der Waals surface area (Å²) in [6.45, 7) is 11.8. The Hall–Kier alpha value is 0.390. The van der Waals surface area contributed by atoms with E-state index < -0.39 is 7.26 Å². The van der Waals surface area contributed by atoms with Crippen LogP contribution >= 0.6 is 7.26 Å². The molecule has 0 saturated carbocycles. The molecule has 0 radical (unpaired) electrons. The smallest absolute Gasteiger partial charge is 0.0588 e. The van der Waals surface area contributed by atoms with Crippen LogP contribution in [-0.2, 0) is 0 Å². The monoisotopic (exact) mass is 164 g/mol. The highest BCUT2D eigenvalue weighted by molar-refractivity contribution is 7.73. The summed E-state index contributed by atoms with van der Waals surface area (Å²) < 4.78 is 0. The Kier molecular flexibility index (Phi) is 6.63. The van der Waals surface area contributed by atoms with Gasteiger partial charge in [0.1, 0.15) is 0 Å². The van der Waals surface area contributed by atoms with Gasteiger partial charge in [0, 0.05) is 27.3 Å². The van der Waals surface area contributed by atoms with Gasteiger partial charge in [-0.1, -0.05) is 13.8 Å². The van der Waals surface area contributed by atoms with E-state index in [1.54, 1.807) is 0 Å². The molecule has 1 nitrogen and oxygen atoms in total. The van der Waals surface area contributed by atoms with Crippen molar-refractivity contribution in [3.63, 3.8) is 0 Å². The summed E-state index contributed by atoms with van der Waals surface area (Å²) in [5.74, 6) is 0.893. The number of rotatable bonds is 3.